The third-order valence-electron chi connectivity index (χ3n) is 4.33. The molecular weight excluding hydrogens is 246 g/mol. The summed E-state index contributed by atoms with van der Waals surface area (Å²) in [5, 5.41) is 3.44. The van der Waals surface area contributed by atoms with Crippen LogP contribution in [-0.2, 0) is 6.54 Å². The summed E-state index contributed by atoms with van der Waals surface area (Å²) < 4.78 is 6.17. The number of hydrogen-bond acceptors (Lipinski definition) is 2. The first-order valence-corrected chi connectivity index (χ1v) is 8.28. The average molecular weight is 275 g/mol. The second kappa shape index (κ2) is 8.31. The van der Waals surface area contributed by atoms with Crippen molar-refractivity contribution in [2.45, 2.75) is 65.0 Å². The van der Waals surface area contributed by atoms with Gasteiger partial charge < -0.3 is 10.1 Å². The molecule has 2 rings (SSSR count). The summed E-state index contributed by atoms with van der Waals surface area (Å²) in [5.41, 5.74) is 1.32. The van der Waals surface area contributed by atoms with E-state index in [-0.39, 0.29) is 0 Å². The van der Waals surface area contributed by atoms with Gasteiger partial charge in [-0.15, -0.1) is 0 Å². The van der Waals surface area contributed by atoms with Crippen LogP contribution in [0.2, 0.25) is 0 Å². The van der Waals surface area contributed by atoms with Crippen molar-refractivity contribution in [2.24, 2.45) is 5.92 Å². The van der Waals surface area contributed by atoms with Gasteiger partial charge in [0.05, 0.1) is 6.10 Å². The molecule has 112 valence electrons. The molecule has 0 aliphatic heterocycles. The van der Waals surface area contributed by atoms with Crippen molar-refractivity contribution in [3.8, 4) is 5.75 Å². The van der Waals surface area contributed by atoms with Crippen LogP contribution in [0.4, 0.5) is 0 Å². The van der Waals surface area contributed by atoms with Crippen LogP contribution in [0.1, 0.15) is 57.9 Å². The monoisotopic (exact) mass is 275 g/mol. The summed E-state index contributed by atoms with van der Waals surface area (Å²) in [6, 6.07) is 8.56. The van der Waals surface area contributed by atoms with Gasteiger partial charge in [0.1, 0.15) is 5.75 Å². The Kier molecular flexibility index (Phi) is 6.38. The van der Waals surface area contributed by atoms with Crippen LogP contribution >= 0.6 is 0 Å². The lowest BCUT2D eigenvalue weighted by Gasteiger charge is -2.28. The van der Waals surface area contributed by atoms with Crippen molar-refractivity contribution < 1.29 is 4.74 Å². The number of nitrogens with one attached hydrogen (secondary N) is 1. The minimum absolute atomic E-state index is 0.427. The van der Waals surface area contributed by atoms with Crippen molar-refractivity contribution in [3.05, 3.63) is 29.8 Å². The second-order valence-corrected chi connectivity index (χ2v) is 5.99. The zero-order chi connectivity index (χ0) is 14.2. The van der Waals surface area contributed by atoms with E-state index in [0.29, 0.717) is 6.10 Å². The molecule has 1 aliphatic rings. The number of rotatable bonds is 7. The smallest absolute Gasteiger partial charge is 0.120 e. The molecule has 1 saturated carbocycles. The lowest BCUT2D eigenvalue weighted by molar-refractivity contribution is 0.130. The van der Waals surface area contributed by atoms with E-state index < -0.39 is 0 Å². The normalized spacial score (nSPS) is 22.7. The van der Waals surface area contributed by atoms with Gasteiger partial charge in [0, 0.05) is 6.54 Å². The fraction of sp³-hybridized carbons (Fsp3) is 0.667. The Morgan fingerprint density at radius 3 is 2.65 bits per heavy atom. The van der Waals surface area contributed by atoms with E-state index in [1.54, 1.807) is 0 Å². The van der Waals surface area contributed by atoms with Gasteiger partial charge in [-0.1, -0.05) is 32.4 Å². The molecule has 0 amide bonds. The predicted octanol–water partition coefficient (Wildman–Crippen LogP) is 4.53. The molecule has 1 aliphatic carbocycles. The molecular formula is C18H29NO. The standard InChI is InChI=1S/C18H29NO/c1-3-12-19-14-16-6-5-7-18(13-16)20-17-10-8-15(4-2)9-11-17/h5-7,13,15,17,19H,3-4,8-12,14H2,1-2H3. The quantitative estimate of drug-likeness (QED) is 0.738. The minimum atomic E-state index is 0.427. The highest BCUT2D eigenvalue weighted by Gasteiger charge is 2.21. The zero-order valence-corrected chi connectivity index (χ0v) is 13.0. The van der Waals surface area contributed by atoms with E-state index in [0.717, 1.165) is 24.8 Å². The summed E-state index contributed by atoms with van der Waals surface area (Å²) in [5.74, 6) is 1.97. The van der Waals surface area contributed by atoms with Crippen molar-refractivity contribution in [3.63, 3.8) is 0 Å². The van der Waals surface area contributed by atoms with Crippen LogP contribution in [0, 0.1) is 5.92 Å². The zero-order valence-electron chi connectivity index (χ0n) is 13.0. The van der Waals surface area contributed by atoms with E-state index in [4.69, 9.17) is 4.74 Å². The molecule has 0 aromatic heterocycles. The first-order chi connectivity index (χ1) is 9.81. The molecule has 1 aromatic rings. The lowest BCUT2D eigenvalue weighted by atomic mass is 9.86. The molecule has 0 bridgehead atoms. The van der Waals surface area contributed by atoms with Crippen LogP contribution in [0.3, 0.4) is 0 Å². The maximum Gasteiger partial charge on any atom is 0.120 e. The Morgan fingerprint density at radius 1 is 1.15 bits per heavy atom. The van der Waals surface area contributed by atoms with Gasteiger partial charge in [0.15, 0.2) is 0 Å². The summed E-state index contributed by atoms with van der Waals surface area (Å²) in [6.07, 6.45) is 8.03. The van der Waals surface area contributed by atoms with E-state index >= 15 is 0 Å². The lowest BCUT2D eigenvalue weighted by Crippen LogP contribution is -2.24. The summed E-state index contributed by atoms with van der Waals surface area (Å²) in [4.78, 5) is 0. The summed E-state index contributed by atoms with van der Waals surface area (Å²) in [7, 11) is 0. The van der Waals surface area contributed by atoms with E-state index in [1.165, 1.54) is 44.1 Å². The average Bonchev–Trinajstić information content (AvgIpc) is 2.49. The van der Waals surface area contributed by atoms with Gasteiger partial charge in [-0.2, -0.15) is 0 Å². The van der Waals surface area contributed by atoms with Gasteiger partial charge in [0.25, 0.3) is 0 Å². The van der Waals surface area contributed by atoms with Gasteiger partial charge in [0.2, 0.25) is 0 Å². The van der Waals surface area contributed by atoms with Gasteiger partial charge in [-0.3, -0.25) is 0 Å². The van der Waals surface area contributed by atoms with Crippen molar-refractivity contribution in [1.29, 1.82) is 0 Å². The molecule has 1 N–H and O–H groups in total. The molecule has 2 heteroatoms. The molecule has 0 saturated heterocycles. The minimum Gasteiger partial charge on any atom is -0.490 e. The highest BCUT2D eigenvalue weighted by molar-refractivity contribution is 5.28. The molecule has 0 radical (unpaired) electrons. The molecule has 0 heterocycles. The van der Waals surface area contributed by atoms with Crippen LogP contribution in [0.5, 0.6) is 5.75 Å². The third-order valence-corrected chi connectivity index (χ3v) is 4.33. The van der Waals surface area contributed by atoms with E-state index in [1.807, 2.05) is 0 Å². The molecule has 0 spiro atoms. The van der Waals surface area contributed by atoms with E-state index in [2.05, 4.69) is 43.4 Å². The largest absolute Gasteiger partial charge is 0.490 e. The van der Waals surface area contributed by atoms with Crippen molar-refractivity contribution >= 4 is 0 Å². The Hall–Kier alpha value is -1.02. The number of hydrogen-bond donors (Lipinski definition) is 1. The maximum absolute atomic E-state index is 6.17. The van der Waals surface area contributed by atoms with Crippen LogP contribution in [0.25, 0.3) is 0 Å². The number of benzene rings is 1. The molecule has 0 atom stereocenters. The van der Waals surface area contributed by atoms with Crippen LogP contribution < -0.4 is 10.1 Å². The Bertz CT molecular complexity index is 383. The molecule has 0 unspecified atom stereocenters. The van der Waals surface area contributed by atoms with Crippen molar-refractivity contribution in [2.75, 3.05) is 6.54 Å². The van der Waals surface area contributed by atoms with Gasteiger partial charge in [-0.05, 0) is 62.3 Å². The highest BCUT2D eigenvalue weighted by Crippen LogP contribution is 2.29. The SMILES string of the molecule is CCCNCc1cccc(OC2CCC(CC)CC2)c1. The molecule has 2 nitrogen and oxygen atoms in total. The van der Waals surface area contributed by atoms with Crippen molar-refractivity contribution in [1.82, 2.24) is 5.32 Å². The van der Waals surface area contributed by atoms with Crippen LogP contribution in [-0.4, -0.2) is 12.6 Å². The van der Waals surface area contributed by atoms with E-state index in [9.17, 15) is 0 Å². The third kappa shape index (κ3) is 4.82. The molecule has 1 fully saturated rings. The Balaban J connectivity index is 1.82. The first kappa shape index (κ1) is 15.4. The van der Waals surface area contributed by atoms with Gasteiger partial charge in [-0.25, -0.2) is 0 Å². The molecule has 20 heavy (non-hydrogen) atoms. The first-order valence-electron chi connectivity index (χ1n) is 8.28. The topological polar surface area (TPSA) is 21.3 Å². The Labute approximate surface area is 123 Å². The Morgan fingerprint density at radius 2 is 1.95 bits per heavy atom. The second-order valence-electron chi connectivity index (χ2n) is 5.99. The fourth-order valence-corrected chi connectivity index (χ4v) is 2.99. The fourth-order valence-electron chi connectivity index (χ4n) is 2.99. The predicted molar refractivity (Wildman–Crippen MR) is 85.1 cm³/mol. The summed E-state index contributed by atoms with van der Waals surface area (Å²) >= 11 is 0. The highest BCUT2D eigenvalue weighted by atomic mass is 16.5. The van der Waals surface area contributed by atoms with Gasteiger partial charge >= 0.3 is 0 Å². The van der Waals surface area contributed by atoms with Crippen LogP contribution in [0.15, 0.2) is 24.3 Å². The number of ether oxygens (including phenoxy) is 1. The summed E-state index contributed by atoms with van der Waals surface area (Å²) in [6.45, 7) is 6.51. The molecule has 1 aromatic carbocycles. The maximum atomic E-state index is 6.17.